The van der Waals surface area contributed by atoms with Crippen LogP contribution in [-0.2, 0) is 9.59 Å². The van der Waals surface area contributed by atoms with E-state index in [1.807, 2.05) is 0 Å². The number of carbonyl (C=O) groups is 2. The summed E-state index contributed by atoms with van der Waals surface area (Å²) in [7, 11) is 0. The molecule has 0 amide bonds. The van der Waals surface area contributed by atoms with Crippen molar-refractivity contribution in [2.75, 3.05) is 0 Å². The largest absolute Gasteiger partial charge is 0.303 e. The molecular weight excluding hydrogens is 224 g/mol. The number of aldehydes is 2. The molecule has 0 aliphatic heterocycles. The van der Waals surface area contributed by atoms with Gasteiger partial charge >= 0.3 is 0 Å². The maximum absolute atomic E-state index is 10.4. The first-order valence-electron chi connectivity index (χ1n) is 7.54. The van der Waals surface area contributed by atoms with Gasteiger partial charge in [-0.25, -0.2) is 0 Å². The number of hydrogen-bond acceptors (Lipinski definition) is 2. The van der Waals surface area contributed by atoms with Crippen molar-refractivity contribution < 1.29 is 9.59 Å². The van der Waals surface area contributed by atoms with Crippen LogP contribution in [0.2, 0.25) is 0 Å². The third-order valence-corrected chi connectivity index (χ3v) is 3.34. The van der Waals surface area contributed by atoms with Crippen LogP contribution < -0.4 is 0 Å². The highest BCUT2D eigenvalue weighted by Gasteiger charge is 2.02. The van der Waals surface area contributed by atoms with Crippen LogP contribution >= 0.6 is 0 Å². The van der Waals surface area contributed by atoms with Crippen molar-refractivity contribution in [3.8, 4) is 0 Å². The van der Waals surface area contributed by atoms with Gasteiger partial charge < -0.3 is 9.59 Å². The average molecular weight is 256 g/mol. The van der Waals surface area contributed by atoms with E-state index in [0.29, 0.717) is 11.8 Å². The number of hydrogen-bond donors (Lipinski definition) is 0. The van der Waals surface area contributed by atoms with Gasteiger partial charge in [0.15, 0.2) is 0 Å². The summed E-state index contributed by atoms with van der Waals surface area (Å²) in [4.78, 5) is 20.2. The molecule has 0 saturated carbocycles. The van der Waals surface area contributed by atoms with Crippen LogP contribution in [0.3, 0.4) is 0 Å². The fourth-order valence-electron chi connectivity index (χ4n) is 1.53. The fraction of sp³-hybridized carbons (Fsp3) is 0.875. The van der Waals surface area contributed by atoms with Gasteiger partial charge in [-0.1, -0.05) is 59.8 Å². The molecule has 0 radical (unpaired) electrons. The highest BCUT2D eigenvalue weighted by atomic mass is 16.1. The minimum Gasteiger partial charge on any atom is -0.303 e. The van der Waals surface area contributed by atoms with Gasteiger partial charge in [-0.05, 0) is 18.8 Å². The van der Waals surface area contributed by atoms with Crippen LogP contribution in [-0.4, -0.2) is 12.6 Å². The van der Waals surface area contributed by atoms with Gasteiger partial charge in [0.1, 0.15) is 12.6 Å². The zero-order valence-electron chi connectivity index (χ0n) is 12.8. The Labute approximate surface area is 114 Å². The lowest BCUT2D eigenvalue weighted by molar-refractivity contribution is -0.111. The first-order valence-corrected chi connectivity index (χ1v) is 7.54. The molecule has 18 heavy (non-hydrogen) atoms. The van der Waals surface area contributed by atoms with Crippen molar-refractivity contribution in [1.29, 1.82) is 0 Å². The molecule has 0 aromatic carbocycles. The van der Waals surface area contributed by atoms with Gasteiger partial charge in [-0.15, -0.1) is 0 Å². The highest BCUT2D eigenvalue weighted by Crippen LogP contribution is 2.11. The van der Waals surface area contributed by atoms with Crippen LogP contribution in [0.1, 0.15) is 79.1 Å². The summed E-state index contributed by atoms with van der Waals surface area (Å²) in [5, 5.41) is 0. The van der Waals surface area contributed by atoms with Crippen LogP contribution in [0.5, 0.6) is 0 Å². The van der Waals surface area contributed by atoms with E-state index < -0.39 is 0 Å². The Bertz CT molecular complexity index is 178. The van der Waals surface area contributed by atoms with E-state index in [-0.39, 0.29) is 0 Å². The van der Waals surface area contributed by atoms with Crippen LogP contribution in [0, 0.1) is 11.8 Å². The molecule has 2 heteroatoms. The molecule has 108 valence electrons. The minimum absolute atomic E-state index is 0.326. The third kappa shape index (κ3) is 15.3. The Balaban J connectivity index is 0. The number of carbonyl (C=O) groups excluding carboxylic acids is 2. The summed E-state index contributed by atoms with van der Waals surface area (Å²) >= 11 is 0. The molecule has 2 atom stereocenters. The summed E-state index contributed by atoms with van der Waals surface area (Å²) in [5.41, 5.74) is 0. The monoisotopic (exact) mass is 256 g/mol. The Morgan fingerprint density at radius 3 is 1.94 bits per heavy atom. The molecule has 0 aromatic rings. The van der Waals surface area contributed by atoms with Gasteiger partial charge in [0.25, 0.3) is 0 Å². The Morgan fingerprint density at radius 2 is 1.61 bits per heavy atom. The standard InChI is InChI=1S/C10H20O.C6H12O/c1-3-5-6-7-8-10(4-2)9-11;1-3-6(2)4-5-7/h9-10H,3-8H2,1-2H3;5-6H,3-4H2,1-2H3. The summed E-state index contributed by atoms with van der Waals surface area (Å²) in [5.74, 6) is 0.907. The van der Waals surface area contributed by atoms with Crippen LogP contribution in [0.15, 0.2) is 0 Å². The fourth-order valence-corrected chi connectivity index (χ4v) is 1.53. The molecule has 0 rings (SSSR count). The second-order valence-electron chi connectivity index (χ2n) is 5.07. The lowest BCUT2D eigenvalue weighted by Gasteiger charge is -2.05. The van der Waals surface area contributed by atoms with Crippen molar-refractivity contribution >= 4 is 12.6 Å². The molecule has 0 spiro atoms. The van der Waals surface area contributed by atoms with E-state index in [1.165, 1.54) is 25.7 Å². The molecule has 0 aliphatic carbocycles. The lowest BCUT2D eigenvalue weighted by atomic mass is 10.00. The van der Waals surface area contributed by atoms with E-state index in [2.05, 4.69) is 27.7 Å². The molecule has 0 aromatic heterocycles. The topological polar surface area (TPSA) is 34.1 Å². The Hall–Kier alpha value is -0.660. The lowest BCUT2D eigenvalue weighted by Crippen LogP contribution is -1.99. The summed E-state index contributed by atoms with van der Waals surface area (Å²) < 4.78 is 0. The normalized spacial score (nSPS) is 13.1. The molecule has 0 saturated heterocycles. The first-order chi connectivity index (χ1) is 8.65. The zero-order valence-corrected chi connectivity index (χ0v) is 12.8. The molecule has 2 unspecified atom stereocenters. The van der Waals surface area contributed by atoms with E-state index in [9.17, 15) is 9.59 Å². The second-order valence-corrected chi connectivity index (χ2v) is 5.07. The maximum Gasteiger partial charge on any atom is 0.123 e. The van der Waals surface area contributed by atoms with Crippen LogP contribution in [0.25, 0.3) is 0 Å². The van der Waals surface area contributed by atoms with Gasteiger partial charge in [0.05, 0.1) is 0 Å². The van der Waals surface area contributed by atoms with Gasteiger partial charge in [-0.2, -0.15) is 0 Å². The van der Waals surface area contributed by atoms with Crippen molar-refractivity contribution in [3.63, 3.8) is 0 Å². The van der Waals surface area contributed by atoms with Crippen molar-refractivity contribution in [2.45, 2.75) is 79.1 Å². The first kappa shape index (κ1) is 19.7. The van der Waals surface area contributed by atoms with Gasteiger partial charge in [0, 0.05) is 12.3 Å². The highest BCUT2D eigenvalue weighted by molar-refractivity contribution is 5.53. The molecule has 0 aliphatic rings. The Kier molecular flexibility index (Phi) is 17.9. The van der Waals surface area contributed by atoms with E-state index in [1.54, 1.807) is 0 Å². The molecule has 0 heterocycles. The van der Waals surface area contributed by atoms with E-state index in [4.69, 9.17) is 0 Å². The minimum atomic E-state index is 0.326. The van der Waals surface area contributed by atoms with Crippen molar-refractivity contribution in [2.24, 2.45) is 11.8 Å². The van der Waals surface area contributed by atoms with E-state index >= 15 is 0 Å². The predicted octanol–water partition coefficient (Wildman–Crippen LogP) is 4.80. The molecule has 0 N–H and O–H groups in total. The second kappa shape index (κ2) is 16.3. The zero-order chi connectivity index (χ0) is 14.2. The van der Waals surface area contributed by atoms with E-state index in [0.717, 1.165) is 38.3 Å². The number of rotatable bonds is 10. The molecular formula is C16H32O2. The third-order valence-electron chi connectivity index (χ3n) is 3.34. The predicted molar refractivity (Wildman–Crippen MR) is 78.7 cm³/mol. The molecule has 2 nitrogen and oxygen atoms in total. The summed E-state index contributed by atoms with van der Waals surface area (Å²) in [6, 6.07) is 0. The SMILES string of the molecule is CCC(C)CC=O.CCCCCCC(C=O)CC. The van der Waals surface area contributed by atoms with Crippen molar-refractivity contribution in [1.82, 2.24) is 0 Å². The number of unbranched alkanes of at least 4 members (excludes halogenated alkanes) is 3. The Morgan fingerprint density at radius 1 is 0.944 bits per heavy atom. The van der Waals surface area contributed by atoms with Gasteiger partial charge in [0.2, 0.25) is 0 Å². The van der Waals surface area contributed by atoms with Gasteiger partial charge in [-0.3, -0.25) is 0 Å². The maximum atomic E-state index is 10.4. The average Bonchev–Trinajstić information content (AvgIpc) is 2.40. The van der Waals surface area contributed by atoms with Crippen LogP contribution in [0.4, 0.5) is 0 Å². The smallest absolute Gasteiger partial charge is 0.123 e. The summed E-state index contributed by atoms with van der Waals surface area (Å²) in [6.45, 7) is 8.46. The molecule has 0 fully saturated rings. The van der Waals surface area contributed by atoms with Crippen molar-refractivity contribution in [3.05, 3.63) is 0 Å². The molecule has 0 bridgehead atoms. The summed E-state index contributed by atoms with van der Waals surface area (Å²) in [6.07, 6.45) is 11.1. The quantitative estimate of drug-likeness (QED) is 0.415.